The van der Waals surface area contributed by atoms with Gasteiger partial charge in [-0.2, -0.15) is 4.98 Å². The predicted molar refractivity (Wildman–Crippen MR) is 73.2 cm³/mol. The van der Waals surface area contributed by atoms with Gasteiger partial charge in [-0.15, -0.1) is 0 Å². The van der Waals surface area contributed by atoms with Gasteiger partial charge in [0.25, 0.3) is 0 Å². The molecule has 1 N–H and O–H groups in total. The van der Waals surface area contributed by atoms with Crippen LogP contribution in [0.3, 0.4) is 0 Å². The molecule has 0 aliphatic rings. The van der Waals surface area contributed by atoms with Crippen molar-refractivity contribution in [3.63, 3.8) is 0 Å². The molecule has 0 bridgehead atoms. The van der Waals surface area contributed by atoms with E-state index >= 15 is 0 Å². The third kappa shape index (κ3) is 3.81. The normalized spacial score (nSPS) is 10.3. The lowest BCUT2D eigenvalue weighted by molar-refractivity contribution is 0.152. The smallest absolute Gasteiger partial charge is 0.407 e. The minimum atomic E-state index is -0.439. The van der Waals surface area contributed by atoms with Crippen molar-refractivity contribution in [2.45, 2.75) is 20.3 Å². The third-order valence-electron chi connectivity index (χ3n) is 2.63. The highest BCUT2D eigenvalue weighted by molar-refractivity contribution is 5.67. The zero-order chi connectivity index (χ0) is 14.4. The van der Waals surface area contributed by atoms with E-state index in [0.29, 0.717) is 31.3 Å². The highest BCUT2D eigenvalue weighted by Crippen LogP contribution is 2.16. The Kier molecular flexibility index (Phi) is 4.70. The van der Waals surface area contributed by atoms with Crippen LogP contribution >= 0.6 is 0 Å². The van der Waals surface area contributed by atoms with Crippen molar-refractivity contribution < 1.29 is 14.1 Å². The van der Waals surface area contributed by atoms with Gasteiger partial charge in [-0.25, -0.2) is 4.79 Å². The number of carbonyl (C=O) groups is 1. The SMILES string of the molecule is CCOC(=O)NCCc1nc(-c2cccc(C)c2)no1. The van der Waals surface area contributed by atoms with Gasteiger partial charge in [0.1, 0.15) is 0 Å². The molecule has 20 heavy (non-hydrogen) atoms. The molecule has 0 unspecified atom stereocenters. The number of benzene rings is 1. The Morgan fingerprint density at radius 2 is 2.30 bits per heavy atom. The largest absolute Gasteiger partial charge is 0.450 e. The fourth-order valence-corrected chi connectivity index (χ4v) is 1.71. The summed E-state index contributed by atoms with van der Waals surface area (Å²) in [4.78, 5) is 15.4. The van der Waals surface area contributed by atoms with Crippen molar-refractivity contribution in [3.8, 4) is 11.4 Å². The van der Waals surface area contributed by atoms with Gasteiger partial charge in [0.2, 0.25) is 11.7 Å². The van der Waals surface area contributed by atoms with Crippen molar-refractivity contribution in [2.75, 3.05) is 13.2 Å². The van der Waals surface area contributed by atoms with Crippen molar-refractivity contribution in [2.24, 2.45) is 0 Å². The van der Waals surface area contributed by atoms with E-state index in [2.05, 4.69) is 15.5 Å². The summed E-state index contributed by atoms with van der Waals surface area (Å²) in [6, 6.07) is 7.88. The van der Waals surface area contributed by atoms with Crippen molar-refractivity contribution in [1.82, 2.24) is 15.5 Å². The number of amides is 1. The van der Waals surface area contributed by atoms with Crippen molar-refractivity contribution >= 4 is 6.09 Å². The molecular formula is C14H17N3O3. The zero-order valence-electron chi connectivity index (χ0n) is 11.5. The number of nitrogens with one attached hydrogen (secondary N) is 1. The van der Waals surface area contributed by atoms with E-state index in [-0.39, 0.29) is 0 Å². The summed E-state index contributed by atoms with van der Waals surface area (Å²) in [6.45, 7) is 4.51. The van der Waals surface area contributed by atoms with Gasteiger partial charge in [0.05, 0.1) is 6.61 Å². The van der Waals surface area contributed by atoms with Gasteiger partial charge in [-0.1, -0.05) is 28.9 Å². The molecule has 0 aliphatic carbocycles. The summed E-state index contributed by atoms with van der Waals surface area (Å²) in [5.74, 6) is 1.04. The molecule has 1 aromatic carbocycles. The molecule has 1 heterocycles. The Morgan fingerprint density at radius 3 is 3.05 bits per heavy atom. The van der Waals surface area contributed by atoms with E-state index < -0.39 is 6.09 Å². The third-order valence-corrected chi connectivity index (χ3v) is 2.63. The fourth-order valence-electron chi connectivity index (χ4n) is 1.71. The van der Waals surface area contributed by atoms with Crippen LogP contribution in [0.25, 0.3) is 11.4 Å². The van der Waals surface area contributed by atoms with Gasteiger partial charge in [-0.05, 0) is 19.9 Å². The average molecular weight is 275 g/mol. The number of hydrogen-bond acceptors (Lipinski definition) is 5. The minimum absolute atomic E-state index is 0.351. The summed E-state index contributed by atoms with van der Waals surface area (Å²) in [6.07, 6.45) is 0.0309. The highest BCUT2D eigenvalue weighted by Gasteiger charge is 2.09. The zero-order valence-corrected chi connectivity index (χ0v) is 11.5. The van der Waals surface area contributed by atoms with Gasteiger partial charge >= 0.3 is 6.09 Å². The first-order chi connectivity index (χ1) is 9.69. The number of aryl methyl sites for hydroxylation is 1. The molecule has 1 amide bonds. The Morgan fingerprint density at radius 1 is 1.45 bits per heavy atom. The lowest BCUT2D eigenvalue weighted by Gasteiger charge is -2.02. The molecule has 0 aliphatic heterocycles. The van der Waals surface area contributed by atoms with E-state index in [4.69, 9.17) is 9.26 Å². The van der Waals surface area contributed by atoms with Crippen LogP contribution in [0.1, 0.15) is 18.4 Å². The van der Waals surface area contributed by atoms with Gasteiger partial charge in [0, 0.05) is 18.5 Å². The molecule has 2 aromatic rings. The number of hydrogen-bond donors (Lipinski definition) is 1. The van der Waals surface area contributed by atoms with Crippen LogP contribution in [0, 0.1) is 6.92 Å². The Bertz CT molecular complexity index is 581. The number of aromatic nitrogens is 2. The fraction of sp³-hybridized carbons (Fsp3) is 0.357. The summed E-state index contributed by atoms with van der Waals surface area (Å²) in [7, 11) is 0. The number of carbonyl (C=O) groups excluding carboxylic acids is 1. The van der Waals surface area contributed by atoms with Crippen LogP contribution in [0.5, 0.6) is 0 Å². The molecule has 0 fully saturated rings. The second-order valence-electron chi connectivity index (χ2n) is 4.28. The standard InChI is InChI=1S/C14H17N3O3/c1-3-19-14(18)15-8-7-12-16-13(17-20-12)11-6-4-5-10(2)9-11/h4-6,9H,3,7-8H2,1-2H3,(H,15,18). The Hall–Kier alpha value is -2.37. The molecule has 0 atom stereocenters. The predicted octanol–water partition coefficient (Wildman–Crippen LogP) is 2.33. The van der Waals surface area contributed by atoms with E-state index in [1.807, 2.05) is 31.2 Å². The van der Waals surface area contributed by atoms with Crippen LogP contribution in [-0.2, 0) is 11.2 Å². The second-order valence-corrected chi connectivity index (χ2v) is 4.28. The molecule has 0 saturated heterocycles. The quantitative estimate of drug-likeness (QED) is 0.906. The lowest BCUT2D eigenvalue weighted by Crippen LogP contribution is -2.26. The second kappa shape index (κ2) is 6.70. The lowest BCUT2D eigenvalue weighted by atomic mass is 10.1. The first-order valence-corrected chi connectivity index (χ1v) is 6.49. The minimum Gasteiger partial charge on any atom is -0.450 e. The van der Waals surface area contributed by atoms with Crippen molar-refractivity contribution in [3.05, 3.63) is 35.7 Å². The molecule has 0 spiro atoms. The number of alkyl carbamates (subject to hydrolysis) is 1. The van der Waals surface area contributed by atoms with Gasteiger partial charge < -0.3 is 14.6 Å². The molecule has 6 nitrogen and oxygen atoms in total. The molecule has 0 radical (unpaired) electrons. The highest BCUT2D eigenvalue weighted by atomic mass is 16.5. The van der Waals surface area contributed by atoms with E-state index in [9.17, 15) is 4.79 Å². The van der Waals surface area contributed by atoms with Crippen LogP contribution in [0.4, 0.5) is 4.79 Å². The number of rotatable bonds is 5. The summed E-state index contributed by atoms with van der Waals surface area (Å²) in [5, 5.41) is 6.53. The maximum atomic E-state index is 11.1. The summed E-state index contributed by atoms with van der Waals surface area (Å²) in [5.41, 5.74) is 2.05. The van der Waals surface area contributed by atoms with Gasteiger partial charge in [0.15, 0.2) is 0 Å². The molecule has 106 valence electrons. The average Bonchev–Trinajstić information content (AvgIpc) is 2.88. The first kappa shape index (κ1) is 14.0. The van der Waals surface area contributed by atoms with Crippen molar-refractivity contribution in [1.29, 1.82) is 0 Å². The maximum Gasteiger partial charge on any atom is 0.407 e. The molecule has 6 heteroatoms. The first-order valence-electron chi connectivity index (χ1n) is 6.49. The molecule has 2 rings (SSSR count). The van der Waals surface area contributed by atoms with E-state index in [1.54, 1.807) is 6.92 Å². The molecule has 0 saturated carbocycles. The van der Waals surface area contributed by atoms with Crippen LogP contribution in [0.15, 0.2) is 28.8 Å². The van der Waals surface area contributed by atoms with E-state index in [1.165, 1.54) is 0 Å². The number of nitrogens with zero attached hydrogens (tertiary/aromatic N) is 2. The van der Waals surface area contributed by atoms with E-state index in [0.717, 1.165) is 11.1 Å². The molecule has 1 aromatic heterocycles. The maximum absolute atomic E-state index is 11.1. The summed E-state index contributed by atoms with van der Waals surface area (Å²) < 4.78 is 9.90. The Labute approximate surface area is 117 Å². The molecular weight excluding hydrogens is 258 g/mol. The Balaban J connectivity index is 1.91. The van der Waals surface area contributed by atoms with Crippen LogP contribution in [0.2, 0.25) is 0 Å². The monoisotopic (exact) mass is 275 g/mol. The summed E-state index contributed by atoms with van der Waals surface area (Å²) >= 11 is 0. The topological polar surface area (TPSA) is 77.2 Å². The van der Waals surface area contributed by atoms with Gasteiger partial charge in [-0.3, -0.25) is 0 Å². The van der Waals surface area contributed by atoms with Crippen LogP contribution < -0.4 is 5.32 Å². The van der Waals surface area contributed by atoms with Crippen LogP contribution in [-0.4, -0.2) is 29.4 Å². The number of ether oxygens (including phenoxy) is 1.